The number of aromatic carboxylic acids is 1. The molecule has 7 heteroatoms. The van der Waals surface area contributed by atoms with Crippen LogP contribution in [0.25, 0.3) is 0 Å². The molecule has 0 spiro atoms. The van der Waals surface area contributed by atoms with Gasteiger partial charge in [0.2, 0.25) is 0 Å². The summed E-state index contributed by atoms with van der Waals surface area (Å²) in [5, 5.41) is 16.3. The molecule has 0 aliphatic carbocycles. The molecule has 0 aromatic carbocycles. The Hall–Kier alpha value is -1.47. The van der Waals surface area contributed by atoms with Crippen LogP contribution in [0.5, 0.6) is 0 Å². The Balaban J connectivity index is 2.85. The van der Waals surface area contributed by atoms with Gasteiger partial charge in [0, 0.05) is 20.6 Å². The molecule has 0 bridgehead atoms. The summed E-state index contributed by atoms with van der Waals surface area (Å²) in [4.78, 5) is 10.9. The van der Waals surface area contributed by atoms with E-state index in [4.69, 9.17) is 14.6 Å². The summed E-state index contributed by atoms with van der Waals surface area (Å²) in [7, 11) is 3.13. The van der Waals surface area contributed by atoms with Crippen LogP contribution in [0.3, 0.4) is 0 Å². The van der Waals surface area contributed by atoms with Crippen LogP contribution in [-0.2, 0) is 22.4 Å². The topological polar surface area (TPSA) is 86.5 Å². The quantitative estimate of drug-likeness (QED) is 0.697. The number of aromatic nitrogens is 3. The Labute approximate surface area is 93.0 Å². The molecule has 16 heavy (non-hydrogen) atoms. The molecule has 1 rings (SSSR count). The minimum Gasteiger partial charge on any atom is -0.476 e. The molecule has 1 aromatic rings. The third kappa shape index (κ3) is 3.01. The largest absolute Gasteiger partial charge is 0.476 e. The summed E-state index contributed by atoms with van der Waals surface area (Å²) < 4.78 is 11.4. The van der Waals surface area contributed by atoms with Gasteiger partial charge in [0.05, 0.1) is 25.5 Å². The lowest BCUT2D eigenvalue weighted by molar-refractivity contribution is 0.0688. The van der Waals surface area contributed by atoms with Crippen LogP contribution in [0, 0.1) is 0 Å². The molecule has 7 nitrogen and oxygen atoms in total. The minimum absolute atomic E-state index is 0.0202. The van der Waals surface area contributed by atoms with Gasteiger partial charge in [0.1, 0.15) is 0 Å². The zero-order chi connectivity index (χ0) is 12.0. The molecule has 0 radical (unpaired) electrons. The van der Waals surface area contributed by atoms with E-state index in [2.05, 4.69) is 10.3 Å². The van der Waals surface area contributed by atoms with Gasteiger partial charge in [-0.2, -0.15) is 0 Å². The number of hydrogen-bond donors (Lipinski definition) is 1. The van der Waals surface area contributed by atoms with Crippen LogP contribution in [-0.4, -0.2) is 53.5 Å². The lowest BCUT2D eigenvalue weighted by atomic mass is 10.2. The zero-order valence-corrected chi connectivity index (χ0v) is 9.34. The first-order valence-corrected chi connectivity index (χ1v) is 4.84. The van der Waals surface area contributed by atoms with Gasteiger partial charge in [-0.3, -0.25) is 0 Å². The molecule has 1 aromatic heterocycles. The summed E-state index contributed by atoms with van der Waals surface area (Å²) in [5.41, 5.74) is 0.541. The molecule has 1 N–H and O–H groups in total. The number of methoxy groups -OCH3 is 2. The van der Waals surface area contributed by atoms with E-state index in [0.717, 1.165) is 0 Å². The number of carbonyl (C=O) groups is 1. The number of rotatable bonds is 7. The maximum absolute atomic E-state index is 10.9. The maximum Gasteiger partial charge on any atom is 0.358 e. The van der Waals surface area contributed by atoms with Crippen LogP contribution >= 0.6 is 0 Å². The highest BCUT2D eigenvalue weighted by molar-refractivity contribution is 5.86. The Kier molecular flexibility index (Phi) is 4.87. The number of carboxylic acid groups (broad SMARTS) is 1. The number of carboxylic acids is 1. The molecule has 1 heterocycles. The predicted octanol–water partition coefficient (Wildman–Crippen LogP) is -0.188. The average molecular weight is 229 g/mol. The molecule has 0 aliphatic heterocycles. The van der Waals surface area contributed by atoms with Crippen LogP contribution < -0.4 is 0 Å². The third-order valence-electron chi connectivity index (χ3n) is 2.09. The van der Waals surface area contributed by atoms with Gasteiger partial charge in [-0.05, 0) is 0 Å². The summed E-state index contributed by atoms with van der Waals surface area (Å²) in [6, 6.07) is 0. The van der Waals surface area contributed by atoms with Gasteiger partial charge in [0.25, 0.3) is 0 Å². The Bertz CT molecular complexity index is 351. The molecule has 0 atom stereocenters. The minimum atomic E-state index is -1.07. The number of nitrogens with zero attached hydrogens (tertiary/aromatic N) is 3. The van der Waals surface area contributed by atoms with Crippen LogP contribution in [0.1, 0.15) is 16.2 Å². The third-order valence-corrected chi connectivity index (χ3v) is 2.09. The average Bonchev–Trinajstić information content (AvgIpc) is 2.66. The van der Waals surface area contributed by atoms with Gasteiger partial charge in [0.15, 0.2) is 5.69 Å². The van der Waals surface area contributed by atoms with Gasteiger partial charge in [-0.15, -0.1) is 5.10 Å². The van der Waals surface area contributed by atoms with E-state index in [0.29, 0.717) is 31.9 Å². The van der Waals surface area contributed by atoms with Crippen molar-refractivity contribution >= 4 is 5.97 Å². The van der Waals surface area contributed by atoms with E-state index in [1.54, 1.807) is 14.2 Å². The van der Waals surface area contributed by atoms with Crippen molar-refractivity contribution in [2.24, 2.45) is 0 Å². The van der Waals surface area contributed by atoms with Gasteiger partial charge >= 0.3 is 5.97 Å². The van der Waals surface area contributed by atoms with E-state index in [9.17, 15) is 4.79 Å². The highest BCUT2D eigenvalue weighted by Gasteiger charge is 2.18. The molecule has 0 saturated carbocycles. The van der Waals surface area contributed by atoms with Crippen molar-refractivity contribution in [3.8, 4) is 0 Å². The van der Waals surface area contributed by atoms with Crippen molar-refractivity contribution in [3.05, 3.63) is 11.4 Å². The normalized spacial score (nSPS) is 10.6. The first-order chi connectivity index (χ1) is 7.70. The predicted molar refractivity (Wildman–Crippen MR) is 54.4 cm³/mol. The molecular formula is C9H15N3O4. The highest BCUT2D eigenvalue weighted by atomic mass is 16.5. The first-order valence-electron chi connectivity index (χ1n) is 4.84. The summed E-state index contributed by atoms with van der Waals surface area (Å²) >= 11 is 0. The van der Waals surface area contributed by atoms with Crippen molar-refractivity contribution < 1.29 is 19.4 Å². The van der Waals surface area contributed by atoms with E-state index in [-0.39, 0.29) is 5.69 Å². The summed E-state index contributed by atoms with van der Waals surface area (Å²) in [6.07, 6.45) is 0.467. The molecule has 0 unspecified atom stereocenters. The van der Waals surface area contributed by atoms with Crippen LogP contribution in [0.15, 0.2) is 0 Å². The van der Waals surface area contributed by atoms with Gasteiger partial charge < -0.3 is 14.6 Å². The standard InChI is InChI=1S/C9H15N3O4/c1-15-5-3-7-8(9(13)14)10-11-12(7)4-6-16-2/h3-6H2,1-2H3,(H,13,14). The number of ether oxygens (including phenoxy) is 2. The summed E-state index contributed by atoms with van der Waals surface area (Å²) in [6.45, 7) is 1.37. The lowest BCUT2D eigenvalue weighted by Gasteiger charge is -2.05. The van der Waals surface area contributed by atoms with E-state index >= 15 is 0 Å². The Morgan fingerprint density at radius 1 is 1.38 bits per heavy atom. The first kappa shape index (κ1) is 12.6. The fourth-order valence-corrected chi connectivity index (χ4v) is 1.30. The monoisotopic (exact) mass is 229 g/mol. The van der Waals surface area contributed by atoms with E-state index in [1.807, 2.05) is 0 Å². The highest BCUT2D eigenvalue weighted by Crippen LogP contribution is 2.07. The van der Waals surface area contributed by atoms with Crippen molar-refractivity contribution in [1.82, 2.24) is 15.0 Å². The molecule has 90 valence electrons. The van der Waals surface area contributed by atoms with Crippen molar-refractivity contribution in [1.29, 1.82) is 0 Å². The second-order valence-electron chi connectivity index (χ2n) is 3.15. The smallest absolute Gasteiger partial charge is 0.358 e. The van der Waals surface area contributed by atoms with Crippen LogP contribution in [0.4, 0.5) is 0 Å². The van der Waals surface area contributed by atoms with Crippen LogP contribution in [0.2, 0.25) is 0 Å². The summed E-state index contributed by atoms with van der Waals surface area (Å²) in [5.74, 6) is -1.07. The fraction of sp³-hybridized carbons (Fsp3) is 0.667. The van der Waals surface area contributed by atoms with Gasteiger partial charge in [-0.25, -0.2) is 9.48 Å². The molecule has 0 amide bonds. The van der Waals surface area contributed by atoms with Crippen molar-refractivity contribution in [2.45, 2.75) is 13.0 Å². The maximum atomic E-state index is 10.9. The second-order valence-corrected chi connectivity index (χ2v) is 3.15. The number of hydrogen-bond acceptors (Lipinski definition) is 5. The zero-order valence-electron chi connectivity index (χ0n) is 9.34. The Morgan fingerprint density at radius 3 is 2.62 bits per heavy atom. The fourth-order valence-electron chi connectivity index (χ4n) is 1.30. The Morgan fingerprint density at radius 2 is 2.06 bits per heavy atom. The molecule has 0 saturated heterocycles. The molecular weight excluding hydrogens is 214 g/mol. The van der Waals surface area contributed by atoms with Crippen molar-refractivity contribution in [2.75, 3.05) is 27.4 Å². The van der Waals surface area contributed by atoms with E-state index < -0.39 is 5.97 Å². The lowest BCUT2D eigenvalue weighted by Crippen LogP contribution is -2.13. The SMILES string of the molecule is COCCc1c(C(=O)O)nnn1CCOC. The molecule has 0 aliphatic rings. The van der Waals surface area contributed by atoms with E-state index in [1.165, 1.54) is 4.68 Å². The van der Waals surface area contributed by atoms with Gasteiger partial charge in [-0.1, -0.05) is 5.21 Å². The molecule has 0 fully saturated rings. The second kappa shape index (κ2) is 6.19. The van der Waals surface area contributed by atoms with Crippen molar-refractivity contribution in [3.63, 3.8) is 0 Å².